The maximum atomic E-state index is 6.11. The lowest BCUT2D eigenvalue weighted by Crippen LogP contribution is -2.37. The lowest BCUT2D eigenvalue weighted by Gasteiger charge is -2.26. The summed E-state index contributed by atoms with van der Waals surface area (Å²) in [6, 6.07) is 16.3. The Morgan fingerprint density at radius 2 is 1.76 bits per heavy atom. The maximum Gasteiger partial charge on any atom is 0.166 e. The lowest BCUT2D eigenvalue weighted by atomic mass is 10.1. The summed E-state index contributed by atoms with van der Waals surface area (Å²) in [7, 11) is 1.68. The van der Waals surface area contributed by atoms with Crippen molar-refractivity contribution in [1.29, 1.82) is 0 Å². The van der Waals surface area contributed by atoms with Gasteiger partial charge in [0.15, 0.2) is 11.5 Å². The van der Waals surface area contributed by atoms with Gasteiger partial charge in [-0.25, -0.2) is 0 Å². The second-order valence-electron chi connectivity index (χ2n) is 6.71. The van der Waals surface area contributed by atoms with E-state index >= 15 is 0 Å². The van der Waals surface area contributed by atoms with Crippen molar-refractivity contribution in [1.82, 2.24) is 10.2 Å². The number of morpholine rings is 1. The first-order chi connectivity index (χ1) is 13.4. The van der Waals surface area contributed by atoms with Crippen molar-refractivity contribution in [3.63, 3.8) is 0 Å². The van der Waals surface area contributed by atoms with Crippen LogP contribution in [0.4, 0.5) is 0 Å². The number of hydrogen-bond donors (Lipinski definition) is 1. The van der Waals surface area contributed by atoms with E-state index in [1.807, 2.05) is 30.3 Å². The van der Waals surface area contributed by atoms with Crippen molar-refractivity contribution in [2.45, 2.75) is 19.6 Å². The molecule has 0 radical (unpaired) electrons. The molecule has 0 atom stereocenters. The molecule has 2 aromatic rings. The van der Waals surface area contributed by atoms with Crippen molar-refractivity contribution in [3.05, 3.63) is 59.7 Å². The third-order valence-electron chi connectivity index (χ3n) is 4.75. The van der Waals surface area contributed by atoms with Crippen LogP contribution in [0.3, 0.4) is 0 Å². The van der Waals surface area contributed by atoms with Gasteiger partial charge in [-0.3, -0.25) is 4.90 Å². The van der Waals surface area contributed by atoms with Crippen LogP contribution in [0, 0.1) is 0 Å². The molecule has 0 unspecified atom stereocenters. The minimum atomic E-state index is 0. The molecule has 1 N–H and O–H groups in total. The van der Waals surface area contributed by atoms with E-state index in [0.29, 0.717) is 6.61 Å². The van der Waals surface area contributed by atoms with Crippen molar-refractivity contribution < 1.29 is 14.2 Å². The predicted octanol–water partition coefficient (Wildman–Crippen LogP) is 3.93. The standard InChI is InChI=1S/C22H30N2O3.2ClH/c1-25-21-10-5-9-20(22(21)27-18-19-7-3-2-4-8-19)17-23-11-6-12-24-13-15-26-16-14-24;;/h2-5,7-10,23H,6,11-18H2,1H3;2*1H. The fourth-order valence-corrected chi connectivity index (χ4v) is 3.23. The molecule has 0 spiro atoms. The second kappa shape index (κ2) is 14.5. The minimum Gasteiger partial charge on any atom is -0.493 e. The van der Waals surface area contributed by atoms with Gasteiger partial charge in [-0.05, 0) is 31.1 Å². The quantitative estimate of drug-likeness (QED) is 0.564. The number of rotatable bonds is 10. The van der Waals surface area contributed by atoms with Gasteiger partial charge in [0.1, 0.15) is 6.61 Å². The molecule has 1 aliphatic rings. The van der Waals surface area contributed by atoms with Crippen LogP contribution in [0.25, 0.3) is 0 Å². The van der Waals surface area contributed by atoms with E-state index in [2.05, 4.69) is 28.4 Å². The molecule has 0 amide bonds. The molecule has 1 saturated heterocycles. The molecular formula is C22H32Cl2N2O3. The van der Waals surface area contributed by atoms with E-state index in [-0.39, 0.29) is 24.8 Å². The fraction of sp³-hybridized carbons (Fsp3) is 0.455. The third kappa shape index (κ3) is 8.41. The van der Waals surface area contributed by atoms with Gasteiger partial charge in [0.25, 0.3) is 0 Å². The van der Waals surface area contributed by atoms with E-state index in [4.69, 9.17) is 14.2 Å². The predicted molar refractivity (Wildman–Crippen MR) is 122 cm³/mol. The summed E-state index contributed by atoms with van der Waals surface area (Å²) in [5.74, 6) is 1.60. The summed E-state index contributed by atoms with van der Waals surface area (Å²) in [4.78, 5) is 2.46. The van der Waals surface area contributed by atoms with Gasteiger partial charge >= 0.3 is 0 Å². The van der Waals surface area contributed by atoms with Crippen molar-refractivity contribution in [3.8, 4) is 11.5 Å². The van der Waals surface area contributed by atoms with E-state index in [1.165, 1.54) is 0 Å². The van der Waals surface area contributed by atoms with Crippen LogP contribution in [0.2, 0.25) is 0 Å². The molecule has 1 aliphatic heterocycles. The Balaban J connectivity index is 0.00000210. The van der Waals surface area contributed by atoms with Crippen LogP contribution in [0.5, 0.6) is 11.5 Å². The van der Waals surface area contributed by atoms with E-state index in [1.54, 1.807) is 7.11 Å². The molecule has 0 aliphatic carbocycles. The smallest absolute Gasteiger partial charge is 0.166 e. The molecule has 1 fully saturated rings. The van der Waals surface area contributed by atoms with Gasteiger partial charge in [0, 0.05) is 25.2 Å². The van der Waals surface area contributed by atoms with Crippen LogP contribution in [-0.2, 0) is 17.9 Å². The summed E-state index contributed by atoms with van der Waals surface area (Å²) in [6.45, 7) is 7.22. The van der Waals surface area contributed by atoms with Crippen LogP contribution in [-0.4, -0.2) is 51.4 Å². The monoisotopic (exact) mass is 442 g/mol. The van der Waals surface area contributed by atoms with Crippen molar-refractivity contribution >= 4 is 24.8 Å². The van der Waals surface area contributed by atoms with E-state index < -0.39 is 0 Å². The highest BCUT2D eigenvalue weighted by Crippen LogP contribution is 2.31. The normalized spacial score (nSPS) is 13.8. The van der Waals surface area contributed by atoms with Gasteiger partial charge in [-0.2, -0.15) is 0 Å². The number of nitrogens with zero attached hydrogens (tertiary/aromatic N) is 1. The number of nitrogens with one attached hydrogen (secondary N) is 1. The van der Waals surface area contributed by atoms with Crippen LogP contribution in [0.1, 0.15) is 17.5 Å². The first kappa shape index (κ1) is 25.5. The van der Waals surface area contributed by atoms with Crippen LogP contribution in [0.15, 0.2) is 48.5 Å². The number of ether oxygens (including phenoxy) is 3. The van der Waals surface area contributed by atoms with Gasteiger partial charge < -0.3 is 19.5 Å². The van der Waals surface area contributed by atoms with Crippen LogP contribution >= 0.6 is 24.8 Å². The van der Waals surface area contributed by atoms with Crippen molar-refractivity contribution in [2.24, 2.45) is 0 Å². The zero-order valence-electron chi connectivity index (χ0n) is 17.0. The molecule has 3 rings (SSSR count). The molecule has 0 saturated carbocycles. The Morgan fingerprint density at radius 1 is 1.00 bits per heavy atom. The number of para-hydroxylation sites is 1. The van der Waals surface area contributed by atoms with Crippen LogP contribution < -0.4 is 14.8 Å². The molecule has 2 aromatic carbocycles. The molecule has 0 aromatic heterocycles. The third-order valence-corrected chi connectivity index (χ3v) is 4.75. The number of hydrogen-bond acceptors (Lipinski definition) is 5. The molecule has 5 nitrogen and oxygen atoms in total. The average Bonchev–Trinajstić information content (AvgIpc) is 2.73. The second-order valence-corrected chi connectivity index (χ2v) is 6.71. The van der Waals surface area contributed by atoms with Gasteiger partial charge in [0.2, 0.25) is 0 Å². The summed E-state index contributed by atoms with van der Waals surface area (Å²) < 4.78 is 17.0. The molecule has 1 heterocycles. The first-order valence-electron chi connectivity index (χ1n) is 9.70. The highest BCUT2D eigenvalue weighted by molar-refractivity contribution is 5.85. The summed E-state index contributed by atoms with van der Waals surface area (Å²) in [5.41, 5.74) is 2.27. The Kier molecular flexibility index (Phi) is 12.7. The Labute approximate surface area is 186 Å². The largest absolute Gasteiger partial charge is 0.493 e. The first-order valence-corrected chi connectivity index (χ1v) is 9.70. The lowest BCUT2D eigenvalue weighted by molar-refractivity contribution is 0.0374. The number of methoxy groups -OCH3 is 1. The topological polar surface area (TPSA) is 43.0 Å². The minimum absolute atomic E-state index is 0. The van der Waals surface area contributed by atoms with Crippen molar-refractivity contribution in [2.75, 3.05) is 46.5 Å². The summed E-state index contributed by atoms with van der Waals surface area (Å²) in [6.07, 6.45) is 1.13. The SMILES string of the molecule is COc1cccc(CNCCCN2CCOCC2)c1OCc1ccccc1.Cl.Cl. The Bertz CT molecular complexity index is 683. The molecule has 162 valence electrons. The number of benzene rings is 2. The summed E-state index contributed by atoms with van der Waals surface area (Å²) in [5, 5.41) is 3.54. The maximum absolute atomic E-state index is 6.11. The highest BCUT2D eigenvalue weighted by Gasteiger charge is 2.12. The zero-order chi connectivity index (χ0) is 18.7. The van der Waals surface area contributed by atoms with Gasteiger partial charge in [-0.15, -0.1) is 24.8 Å². The fourth-order valence-electron chi connectivity index (χ4n) is 3.23. The Hall–Kier alpha value is -1.50. The summed E-state index contributed by atoms with van der Waals surface area (Å²) >= 11 is 0. The Morgan fingerprint density at radius 3 is 2.48 bits per heavy atom. The number of halogens is 2. The van der Waals surface area contributed by atoms with E-state index in [9.17, 15) is 0 Å². The van der Waals surface area contributed by atoms with Gasteiger partial charge in [0.05, 0.1) is 20.3 Å². The molecular weight excluding hydrogens is 411 g/mol. The zero-order valence-corrected chi connectivity index (χ0v) is 18.6. The average molecular weight is 443 g/mol. The van der Waals surface area contributed by atoms with Gasteiger partial charge in [-0.1, -0.05) is 42.5 Å². The molecule has 29 heavy (non-hydrogen) atoms. The van der Waals surface area contributed by atoms with E-state index in [0.717, 1.165) is 75.0 Å². The highest BCUT2D eigenvalue weighted by atomic mass is 35.5. The molecule has 0 bridgehead atoms. The molecule has 7 heteroatoms.